The van der Waals surface area contributed by atoms with E-state index in [0.717, 1.165) is 33.9 Å². The number of hydrogen-bond acceptors (Lipinski definition) is 5. The average Bonchev–Trinajstić information content (AvgIpc) is 3.29. The van der Waals surface area contributed by atoms with Crippen molar-refractivity contribution in [3.05, 3.63) is 59.9 Å². The van der Waals surface area contributed by atoms with Crippen molar-refractivity contribution in [3.63, 3.8) is 0 Å². The third-order valence-electron chi connectivity index (χ3n) is 4.55. The molecule has 28 heavy (non-hydrogen) atoms. The maximum absolute atomic E-state index is 11.4. The summed E-state index contributed by atoms with van der Waals surface area (Å²) in [5.74, 6) is 1.11. The topological polar surface area (TPSA) is 83.7 Å². The van der Waals surface area contributed by atoms with Gasteiger partial charge in [0.15, 0.2) is 0 Å². The van der Waals surface area contributed by atoms with Gasteiger partial charge in [0.2, 0.25) is 11.7 Å². The van der Waals surface area contributed by atoms with Crippen molar-refractivity contribution < 1.29 is 4.79 Å². The van der Waals surface area contributed by atoms with E-state index in [-0.39, 0.29) is 5.91 Å². The molecule has 0 unspecified atom stereocenters. The lowest BCUT2D eigenvalue weighted by molar-refractivity contribution is -0.114. The first-order chi connectivity index (χ1) is 13.5. The van der Waals surface area contributed by atoms with Crippen molar-refractivity contribution in [1.29, 1.82) is 0 Å². The van der Waals surface area contributed by atoms with Crippen LogP contribution < -0.4 is 8.96 Å². The number of rotatable bonds is 4. The average molecular weight is 486 g/mol. The first kappa shape index (κ1) is 18.5. The van der Waals surface area contributed by atoms with Crippen LogP contribution >= 0.6 is 21.3 Å². The zero-order valence-corrected chi connectivity index (χ0v) is 17.9. The number of pyridine rings is 1. The zero-order chi connectivity index (χ0) is 19.7. The van der Waals surface area contributed by atoms with Crippen molar-refractivity contribution in [1.82, 2.24) is 13.2 Å². The van der Waals surface area contributed by atoms with Crippen molar-refractivity contribution in [2.75, 3.05) is 5.32 Å². The number of hydrogen-bond donors (Lipinski definition) is 2. The van der Waals surface area contributed by atoms with Crippen LogP contribution in [0.25, 0.3) is 22.4 Å². The summed E-state index contributed by atoms with van der Waals surface area (Å²) in [5.41, 5.74) is 6.37. The molecule has 4 rings (SSSR count). The highest BCUT2D eigenvalue weighted by molar-refractivity contribution is 14.1. The molecular formula is C20H19IN6O. The first-order valence-corrected chi connectivity index (χ1v) is 10.8. The molecule has 0 atom stereocenters. The van der Waals surface area contributed by atoms with Gasteiger partial charge in [-0.05, 0) is 36.2 Å². The number of aryl methyl sites for hydroxylation is 1. The number of benzene rings is 1. The molecule has 0 bridgehead atoms. The van der Waals surface area contributed by atoms with Crippen LogP contribution in [0.3, 0.4) is 0 Å². The number of carbonyl (C=O) groups is 1. The summed E-state index contributed by atoms with van der Waals surface area (Å²) in [4.78, 5) is 15.6. The molecule has 0 fully saturated rings. The molecule has 0 radical (unpaired) electrons. The number of carbonyl (C=O) groups excluding carboxylic acids is 1. The Bertz CT molecular complexity index is 1130. The number of aromatic nitrogens is 2. The summed E-state index contributed by atoms with van der Waals surface area (Å²) in [6.07, 6.45) is 1.70. The fraction of sp³-hybridized carbons (Fsp3) is 0.150. The SMILES string of the molecule is CC(=O)Nc1cc(-c2cc(-c3ccccc3C)c(C3=NNI=N3)n2C)ccn1. The maximum Gasteiger partial charge on any atom is 0.222 e. The van der Waals surface area contributed by atoms with Gasteiger partial charge in [0.25, 0.3) is 0 Å². The van der Waals surface area contributed by atoms with E-state index in [9.17, 15) is 4.79 Å². The molecule has 7 nitrogen and oxygen atoms in total. The maximum atomic E-state index is 11.4. The molecule has 142 valence electrons. The molecule has 3 aromatic rings. The normalized spacial score (nSPS) is 12.9. The van der Waals surface area contributed by atoms with E-state index in [1.807, 2.05) is 31.3 Å². The summed E-state index contributed by atoms with van der Waals surface area (Å²) in [6, 6.07) is 14.3. The molecule has 0 spiro atoms. The lowest BCUT2D eigenvalue weighted by Gasteiger charge is -2.09. The van der Waals surface area contributed by atoms with Gasteiger partial charge in [-0.15, -0.1) is 5.10 Å². The van der Waals surface area contributed by atoms with Crippen LogP contribution in [0.2, 0.25) is 0 Å². The number of nitrogens with one attached hydrogen (secondary N) is 2. The molecule has 2 N–H and O–H groups in total. The van der Waals surface area contributed by atoms with Crippen molar-refractivity contribution in [2.45, 2.75) is 13.8 Å². The van der Waals surface area contributed by atoms with E-state index in [2.05, 4.69) is 51.9 Å². The molecule has 8 heteroatoms. The molecule has 1 aliphatic heterocycles. The number of amides is 1. The Balaban J connectivity index is 1.91. The van der Waals surface area contributed by atoms with Crippen molar-refractivity contribution in [3.8, 4) is 22.4 Å². The van der Waals surface area contributed by atoms with Gasteiger partial charge in [0, 0.05) is 37.0 Å². The van der Waals surface area contributed by atoms with Gasteiger partial charge in [-0.2, -0.15) is 3.15 Å². The second-order valence-corrected chi connectivity index (χ2v) is 7.91. The van der Waals surface area contributed by atoms with E-state index < -0.39 is 21.3 Å². The summed E-state index contributed by atoms with van der Waals surface area (Å²) in [6.45, 7) is 3.58. The van der Waals surface area contributed by atoms with Gasteiger partial charge in [0.05, 0.1) is 5.69 Å². The monoisotopic (exact) mass is 486 g/mol. The smallest absolute Gasteiger partial charge is 0.222 e. The standard InChI is InChI=1S/C20H19IN6O/c1-12-6-4-5-7-15(12)16-11-17(27(3)19(16)20-24-21-26-25-20)14-8-9-22-18(10-14)23-13(2)28/h4-11H,1-3H3,(H,22,23,28)(H,24,25,26). The Hall–Kier alpha value is -2.88. The molecule has 0 aliphatic carbocycles. The minimum absolute atomic E-state index is 0.146. The Morgan fingerprint density at radius 1 is 1.18 bits per heavy atom. The van der Waals surface area contributed by atoms with Crippen LogP contribution in [0.4, 0.5) is 5.82 Å². The number of halogens is 1. The van der Waals surface area contributed by atoms with E-state index in [4.69, 9.17) is 0 Å². The van der Waals surface area contributed by atoms with Crippen LogP contribution in [0.5, 0.6) is 0 Å². The molecule has 0 saturated heterocycles. The Morgan fingerprint density at radius 3 is 2.71 bits per heavy atom. The zero-order valence-electron chi connectivity index (χ0n) is 15.7. The van der Waals surface area contributed by atoms with Gasteiger partial charge in [-0.25, -0.2) is 8.62 Å². The molecule has 1 aromatic carbocycles. The van der Waals surface area contributed by atoms with E-state index in [1.54, 1.807) is 6.20 Å². The van der Waals surface area contributed by atoms with Crippen molar-refractivity contribution >= 4 is 38.9 Å². The second kappa shape index (κ2) is 7.63. The number of nitrogens with zero attached hydrogens (tertiary/aromatic N) is 4. The minimum Gasteiger partial charge on any atom is -0.340 e. The third-order valence-corrected chi connectivity index (χ3v) is 5.70. The highest BCUT2D eigenvalue weighted by Gasteiger charge is 2.22. The summed E-state index contributed by atoms with van der Waals surface area (Å²) in [5, 5.41) is 7.15. The predicted octanol–water partition coefficient (Wildman–Crippen LogP) is 4.36. The van der Waals surface area contributed by atoms with E-state index in [1.165, 1.54) is 12.5 Å². The lowest BCUT2D eigenvalue weighted by atomic mass is 10.00. The number of anilines is 1. The molecule has 3 heterocycles. The minimum atomic E-state index is -0.488. The second-order valence-electron chi connectivity index (χ2n) is 6.47. The van der Waals surface area contributed by atoms with Crippen LogP contribution in [0.1, 0.15) is 18.2 Å². The van der Waals surface area contributed by atoms with Crippen LogP contribution in [-0.2, 0) is 11.8 Å². The fourth-order valence-electron chi connectivity index (χ4n) is 3.30. The highest BCUT2D eigenvalue weighted by Crippen LogP contribution is 2.35. The predicted molar refractivity (Wildman–Crippen MR) is 119 cm³/mol. The highest BCUT2D eigenvalue weighted by atomic mass is 127. The molecule has 2 aromatic heterocycles. The first-order valence-electron chi connectivity index (χ1n) is 8.71. The number of amidine groups is 1. The van der Waals surface area contributed by atoms with Crippen molar-refractivity contribution in [2.24, 2.45) is 15.3 Å². The lowest BCUT2D eigenvalue weighted by Crippen LogP contribution is -2.08. The Morgan fingerprint density at radius 2 is 2.00 bits per heavy atom. The van der Waals surface area contributed by atoms with Gasteiger partial charge in [-0.1, -0.05) is 24.3 Å². The van der Waals surface area contributed by atoms with Gasteiger partial charge >= 0.3 is 0 Å². The molecular weight excluding hydrogens is 467 g/mol. The molecule has 1 amide bonds. The van der Waals surface area contributed by atoms with E-state index in [0.29, 0.717) is 5.82 Å². The van der Waals surface area contributed by atoms with Crippen LogP contribution in [-0.4, -0.2) is 21.3 Å². The van der Waals surface area contributed by atoms with Crippen LogP contribution in [0.15, 0.2) is 56.9 Å². The summed E-state index contributed by atoms with van der Waals surface area (Å²) >= 11 is -0.488. The molecule has 0 saturated carbocycles. The van der Waals surface area contributed by atoms with Gasteiger partial charge in [-0.3, -0.25) is 4.79 Å². The molecule has 1 aliphatic rings. The van der Waals surface area contributed by atoms with Gasteiger partial charge in [0.1, 0.15) is 27.1 Å². The third kappa shape index (κ3) is 3.47. The van der Waals surface area contributed by atoms with Gasteiger partial charge < -0.3 is 9.88 Å². The Kier molecular flexibility index (Phi) is 5.03. The number of hydrazone groups is 1. The Labute approximate surface area is 173 Å². The quantitative estimate of drug-likeness (QED) is 0.425. The van der Waals surface area contributed by atoms with Crippen LogP contribution in [0, 0.1) is 6.92 Å². The summed E-state index contributed by atoms with van der Waals surface area (Å²) < 4.78 is 9.74. The summed E-state index contributed by atoms with van der Waals surface area (Å²) in [7, 11) is 2.01. The van der Waals surface area contributed by atoms with E-state index >= 15 is 0 Å². The largest absolute Gasteiger partial charge is 0.340 e. The fourth-order valence-corrected chi connectivity index (χ4v) is 4.31.